The number of carbonyl (C=O) groups excluding carboxylic acids is 3. The summed E-state index contributed by atoms with van der Waals surface area (Å²) < 4.78 is 0. The molecule has 0 radical (unpaired) electrons. The Morgan fingerprint density at radius 2 is 1.34 bits per heavy atom. The third-order valence-corrected chi connectivity index (χ3v) is 4.93. The Balaban J connectivity index is 5.67. The highest BCUT2D eigenvalue weighted by Gasteiger charge is 2.31. The van der Waals surface area contributed by atoms with Crippen LogP contribution in [0.4, 0.5) is 0 Å². The molecule has 0 heterocycles. The molecule has 35 heavy (non-hydrogen) atoms. The van der Waals surface area contributed by atoms with Crippen molar-refractivity contribution in [1.29, 1.82) is 0 Å². The first-order valence-electron chi connectivity index (χ1n) is 11.3. The molecule has 11 N–H and O–H groups in total. The Labute approximate surface area is 204 Å². The van der Waals surface area contributed by atoms with Crippen molar-refractivity contribution in [2.24, 2.45) is 34.0 Å². The van der Waals surface area contributed by atoms with E-state index in [9.17, 15) is 34.2 Å². The zero-order valence-electron chi connectivity index (χ0n) is 20.6. The number of aliphatic imine (C=N–C) groups is 1. The van der Waals surface area contributed by atoms with Gasteiger partial charge in [0.2, 0.25) is 17.7 Å². The number of aliphatic carboxylic acids is 2. The predicted octanol–water partition coefficient (Wildman–Crippen LogP) is -1.92. The van der Waals surface area contributed by atoms with Crippen LogP contribution in [-0.4, -0.2) is 76.5 Å². The van der Waals surface area contributed by atoms with Crippen LogP contribution in [0.15, 0.2) is 4.99 Å². The van der Waals surface area contributed by atoms with Gasteiger partial charge in [-0.25, -0.2) is 4.79 Å². The monoisotopic (exact) mass is 501 g/mol. The van der Waals surface area contributed by atoms with Crippen LogP contribution in [0.25, 0.3) is 0 Å². The number of nitrogens with zero attached hydrogens (tertiary/aromatic N) is 1. The van der Waals surface area contributed by atoms with Crippen molar-refractivity contribution < 1.29 is 34.2 Å². The lowest BCUT2D eigenvalue weighted by molar-refractivity contribution is -0.143. The summed E-state index contributed by atoms with van der Waals surface area (Å²) in [6.45, 7) is 7.08. The van der Waals surface area contributed by atoms with Gasteiger partial charge < -0.3 is 43.4 Å². The highest BCUT2D eigenvalue weighted by molar-refractivity contribution is 5.95. The van der Waals surface area contributed by atoms with Gasteiger partial charge in [0.25, 0.3) is 0 Å². The van der Waals surface area contributed by atoms with Gasteiger partial charge in [0.05, 0.1) is 12.5 Å². The Bertz CT molecular complexity index is 782. The second kappa shape index (κ2) is 15.5. The summed E-state index contributed by atoms with van der Waals surface area (Å²) in [5.41, 5.74) is 16.3. The maximum atomic E-state index is 12.9. The number of hydrogen-bond acceptors (Lipinski definition) is 7. The Morgan fingerprint density at radius 1 is 0.829 bits per heavy atom. The SMILES string of the molecule is CC(C)CC(NC(=O)C(CCCN=C(N)N)NC(=O)C(CC(=O)O)NC(=O)C(N)C(C)C)C(=O)O. The molecule has 4 unspecified atom stereocenters. The number of hydrogen-bond donors (Lipinski definition) is 8. The normalized spacial score (nSPS) is 14.4. The van der Waals surface area contributed by atoms with E-state index < -0.39 is 60.2 Å². The smallest absolute Gasteiger partial charge is 0.326 e. The molecule has 0 saturated carbocycles. The third kappa shape index (κ3) is 13.2. The number of nitrogens with two attached hydrogens (primary N) is 3. The van der Waals surface area contributed by atoms with Crippen molar-refractivity contribution in [3.8, 4) is 0 Å². The number of amides is 3. The Morgan fingerprint density at radius 3 is 1.80 bits per heavy atom. The van der Waals surface area contributed by atoms with E-state index in [1.807, 2.05) is 0 Å². The van der Waals surface area contributed by atoms with E-state index in [2.05, 4.69) is 20.9 Å². The molecule has 4 atom stereocenters. The van der Waals surface area contributed by atoms with Crippen molar-refractivity contribution in [3.63, 3.8) is 0 Å². The second-order valence-electron chi connectivity index (χ2n) is 8.97. The highest BCUT2D eigenvalue weighted by Crippen LogP contribution is 2.08. The Hall–Kier alpha value is -3.42. The average Bonchev–Trinajstić information content (AvgIpc) is 2.72. The first-order valence-corrected chi connectivity index (χ1v) is 11.3. The molecule has 0 rings (SSSR count). The van der Waals surface area contributed by atoms with Gasteiger partial charge in [-0.1, -0.05) is 27.7 Å². The lowest BCUT2D eigenvalue weighted by atomic mass is 10.0. The number of carboxylic acid groups (broad SMARTS) is 2. The van der Waals surface area contributed by atoms with Crippen LogP contribution in [0.2, 0.25) is 0 Å². The maximum absolute atomic E-state index is 12.9. The molecule has 0 aromatic rings. The molecule has 0 aliphatic heterocycles. The molecule has 0 aromatic carbocycles. The summed E-state index contributed by atoms with van der Waals surface area (Å²) in [6.07, 6.45) is -0.343. The molecule has 0 aliphatic rings. The Kier molecular flexibility index (Phi) is 14.0. The van der Waals surface area contributed by atoms with Gasteiger partial charge in [0.15, 0.2) is 5.96 Å². The summed E-state index contributed by atoms with van der Waals surface area (Å²) in [5, 5.41) is 25.7. The maximum Gasteiger partial charge on any atom is 0.326 e. The van der Waals surface area contributed by atoms with E-state index in [4.69, 9.17) is 17.2 Å². The quantitative estimate of drug-likeness (QED) is 0.0661. The minimum Gasteiger partial charge on any atom is -0.481 e. The molecule has 200 valence electrons. The lowest BCUT2D eigenvalue weighted by Gasteiger charge is -2.25. The van der Waals surface area contributed by atoms with Crippen molar-refractivity contribution >= 4 is 35.6 Å². The highest BCUT2D eigenvalue weighted by atomic mass is 16.4. The fraction of sp³-hybridized carbons (Fsp3) is 0.714. The molecule has 0 saturated heterocycles. The molecule has 0 aliphatic carbocycles. The largest absolute Gasteiger partial charge is 0.481 e. The standard InChI is InChI=1S/C21H39N7O7/c1-10(2)8-14(20(34)35)28-17(31)12(6-5-7-25-21(23)24)26-18(32)13(9-15(29)30)27-19(33)16(22)11(3)4/h10-14,16H,5-9,22H2,1-4H3,(H,26,32)(H,27,33)(H,28,31)(H,29,30)(H,34,35)(H4,23,24,25). The molecule has 0 spiro atoms. The predicted molar refractivity (Wildman–Crippen MR) is 128 cm³/mol. The minimum atomic E-state index is -1.51. The topological polar surface area (TPSA) is 252 Å². The van der Waals surface area contributed by atoms with Crippen molar-refractivity contribution in [1.82, 2.24) is 16.0 Å². The van der Waals surface area contributed by atoms with Crippen LogP contribution >= 0.6 is 0 Å². The van der Waals surface area contributed by atoms with Crippen molar-refractivity contribution in [2.75, 3.05) is 6.54 Å². The van der Waals surface area contributed by atoms with Crippen molar-refractivity contribution in [2.45, 2.75) is 77.5 Å². The van der Waals surface area contributed by atoms with E-state index >= 15 is 0 Å². The fourth-order valence-corrected chi connectivity index (χ4v) is 2.96. The number of carboxylic acids is 2. The second-order valence-corrected chi connectivity index (χ2v) is 8.97. The summed E-state index contributed by atoms with van der Waals surface area (Å²) >= 11 is 0. The van der Waals surface area contributed by atoms with E-state index in [-0.39, 0.29) is 43.6 Å². The van der Waals surface area contributed by atoms with Crippen LogP contribution in [0.1, 0.15) is 53.4 Å². The van der Waals surface area contributed by atoms with Gasteiger partial charge in [-0.3, -0.25) is 24.2 Å². The van der Waals surface area contributed by atoms with Crippen LogP contribution in [0.5, 0.6) is 0 Å². The molecular formula is C21H39N7O7. The van der Waals surface area contributed by atoms with Crippen molar-refractivity contribution in [3.05, 3.63) is 0 Å². The first-order chi connectivity index (χ1) is 16.1. The van der Waals surface area contributed by atoms with Gasteiger partial charge in [-0.2, -0.15) is 0 Å². The summed E-state index contributed by atoms with van der Waals surface area (Å²) in [6, 6.07) is -4.93. The zero-order chi connectivity index (χ0) is 27.3. The summed E-state index contributed by atoms with van der Waals surface area (Å²) in [4.78, 5) is 64.7. The van der Waals surface area contributed by atoms with Gasteiger partial charge in [-0.05, 0) is 31.1 Å². The number of rotatable bonds is 16. The molecular weight excluding hydrogens is 462 g/mol. The van der Waals surface area contributed by atoms with Gasteiger partial charge >= 0.3 is 11.9 Å². The van der Waals surface area contributed by atoms with E-state index in [0.29, 0.717) is 0 Å². The molecule has 14 nitrogen and oxygen atoms in total. The van der Waals surface area contributed by atoms with Crippen LogP contribution in [-0.2, 0) is 24.0 Å². The first kappa shape index (κ1) is 31.6. The fourth-order valence-electron chi connectivity index (χ4n) is 2.96. The van der Waals surface area contributed by atoms with E-state index in [1.54, 1.807) is 27.7 Å². The summed E-state index contributed by atoms with van der Waals surface area (Å²) in [5.74, 6) is -5.51. The molecule has 0 fully saturated rings. The lowest BCUT2D eigenvalue weighted by Crippen LogP contribution is -2.58. The molecule has 3 amide bonds. The molecule has 14 heteroatoms. The summed E-state index contributed by atoms with van der Waals surface area (Å²) in [7, 11) is 0. The third-order valence-electron chi connectivity index (χ3n) is 4.93. The van der Waals surface area contributed by atoms with Crippen LogP contribution < -0.4 is 33.2 Å². The van der Waals surface area contributed by atoms with Crippen LogP contribution in [0.3, 0.4) is 0 Å². The number of guanidine groups is 1. The number of carbonyl (C=O) groups is 5. The van der Waals surface area contributed by atoms with Crippen LogP contribution in [0, 0.1) is 11.8 Å². The van der Waals surface area contributed by atoms with Gasteiger partial charge in [0, 0.05) is 6.54 Å². The number of nitrogens with one attached hydrogen (secondary N) is 3. The minimum absolute atomic E-state index is 0.0155. The van der Waals surface area contributed by atoms with Gasteiger partial charge in [-0.15, -0.1) is 0 Å². The molecule has 0 aromatic heterocycles. The average molecular weight is 502 g/mol. The van der Waals surface area contributed by atoms with E-state index in [0.717, 1.165) is 0 Å². The van der Waals surface area contributed by atoms with E-state index in [1.165, 1.54) is 0 Å². The molecule has 0 bridgehead atoms. The van der Waals surface area contributed by atoms with Gasteiger partial charge in [0.1, 0.15) is 18.1 Å². The zero-order valence-corrected chi connectivity index (χ0v) is 20.6.